The molecule has 0 atom stereocenters. The van der Waals surface area contributed by atoms with Gasteiger partial charge in [0.05, 0.1) is 16.6 Å². The number of thioether (sulfide) groups is 1. The fraction of sp³-hybridized carbons (Fsp3) is 0.417. The normalized spacial score (nSPS) is 11.1. The van der Waals surface area contributed by atoms with Crippen molar-refractivity contribution in [1.29, 1.82) is 0 Å². The molecule has 0 radical (unpaired) electrons. The predicted octanol–water partition coefficient (Wildman–Crippen LogP) is 1.45. The summed E-state index contributed by atoms with van der Waals surface area (Å²) in [5.41, 5.74) is 1.63. The Labute approximate surface area is 114 Å². The maximum absolute atomic E-state index is 11.3. The molecule has 0 amide bonds. The van der Waals surface area contributed by atoms with E-state index in [0.717, 1.165) is 11.1 Å². The summed E-state index contributed by atoms with van der Waals surface area (Å²) in [4.78, 5) is 16.1. The van der Waals surface area contributed by atoms with Crippen LogP contribution >= 0.6 is 11.8 Å². The second-order valence-corrected chi connectivity index (χ2v) is 5.24. The van der Waals surface area contributed by atoms with Crippen molar-refractivity contribution in [1.82, 2.24) is 14.8 Å². The number of hydrogen-bond donors (Lipinski definition) is 2. The summed E-state index contributed by atoms with van der Waals surface area (Å²) in [7, 11) is 1.78. The molecule has 0 saturated heterocycles. The number of aliphatic hydroxyl groups excluding tert-OH is 1. The SMILES string of the molecule is Cc1nn(C)c2ncc(C(=O)O)c(SCCCO)c12. The van der Waals surface area contributed by atoms with Crippen molar-refractivity contribution in [3.8, 4) is 0 Å². The molecule has 2 aromatic rings. The van der Waals surface area contributed by atoms with Gasteiger partial charge >= 0.3 is 5.97 Å². The number of fused-ring (bicyclic) bond motifs is 1. The van der Waals surface area contributed by atoms with E-state index in [1.165, 1.54) is 18.0 Å². The fourth-order valence-electron chi connectivity index (χ4n) is 1.92. The summed E-state index contributed by atoms with van der Waals surface area (Å²) in [5, 5.41) is 23.1. The van der Waals surface area contributed by atoms with Crippen LogP contribution in [0.4, 0.5) is 0 Å². The van der Waals surface area contributed by atoms with Gasteiger partial charge in [-0.1, -0.05) is 0 Å². The third-order valence-electron chi connectivity index (χ3n) is 2.76. The number of nitrogens with zero attached hydrogens (tertiary/aromatic N) is 3. The van der Waals surface area contributed by atoms with Gasteiger partial charge in [0, 0.05) is 30.5 Å². The number of carboxylic acid groups (broad SMARTS) is 1. The number of hydrogen-bond acceptors (Lipinski definition) is 5. The van der Waals surface area contributed by atoms with E-state index in [9.17, 15) is 9.90 Å². The Bertz CT molecular complexity index is 624. The summed E-state index contributed by atoms with van der Waals surface area (Å²) in [5.74, 6) is -0.339. The molecule has 0 aliphatic heterocycles. The number of aromatic carboxylic acids is 1. The lowest BCUT2D eigenvalue weighted by atomic mass is 10.2. The number of pyridine rings is 1. The second kappa shape index (κ2) is 5.58. The van der Waals surface area contributed by atoms with Crippen LogP contribution in [0.1, 0.15) is 22.5 Å². The number of aryl methyl sites for hydroxylation is 2. The van der Waals surface area contributed by atoms with Crippen molar-refractivity contribution in [2.45, 2.75) is 18.2 Å². The smallest absolute Gasteiger partial charge is 0.338 e. The topological polar surface area (TPSA) is 88.2 Å². The van der Waals surface area contributed by atoms with Crippen LogP contribution in [-0.2, 0) is 7.05 Å². The lowest BCUT2D eigenvalue weighted by molar-refractivity contribution is 0.0693. The molecule has 0 aliphatic rings. The van der Waals surface area contributed by atoms with Gasteiger partial charge in [-0.2, -0.15) is 5.10 Å². The zero-order chi connectivity index (χ0) is 14.0. The molecule has 0 fully saturated rings. The number of aromatic nitrogens is 3. The monoisotopic (exact) mass is 281 g/mol. The average molecular weight is 281 g/mol. The molecule has 0 unspecified atom stereocenters. The van der Waals surface area contributed by atoms with Gasteiger partial charge in [-0.3, -0.25) is 4.68 Å². The van der Waals surface area contributed by atoms with Crippen LogP contribution in [0.15, 0.2) is 11.1 Å². The molecule has 2 N–H and O–H groups in total. The summed E-state index contributed by atoms with van der Waals surface area (Å²) in [6.07, 6.45) is 1.99. The first-order chi connectivity index (χ1) is 9.06. The Balaban J connectivity index is 2.58. The van der Waals surface area contributed by atoms with E-state index < -0.39 is 5.97 Å². The van der Waals surface area contributed by atoms with Gasteiger partial charge in [0.25, 0.3) is 0 Å². The average Bonchev–Trinajstić information content (AvgIpc) is 2.65. The number of carboxylic acids is 1. The molecule has 0 saturated carbocycles. The molecule has 7 heteroatoms. The summed E-state index contributed by atoms with van der Waals surface area (Å²) in [6, 6.07) is 0. The molecule has 19 heavy (non-hydrogen) atoms. The van der Waals surface area contributed by atoms with Crippen molar-refractivity contribution >= 4 is 28.8 Å². The third kappa shape index (κ3) is 2.57. The number of carbonyl (C=O) groups is 1. The molecular weight excluding hydrogens is 266 g/mol. The third-order valence-corrected chi connectivity index (χ3v) is 3.96. The molecule has 2 rings (SSSR count). The van der Waals surface area contributed by atoms with E-state index >= 15 is 0 Å². The van der Waals surface area contributed by atoms with Crippen molar-refractivity contribution < 1.29 is 15.0 Å². The molecule has 0 bridgehead atoms. The molecule has 0 spiro atoms. The minimum absolute atomic E-state index is 0.0929. The van der Waals surface area contributed by atoms with E-state index in [1.807, 2.05) is 6.92 Å². The highest BCUT2D eigenvalue weighted by Crippen LogP contribution is 2.32. The standard InChI is InChI=1S/C12H15N3O3S/c1-7-9-10(19-5-3-4-16)8(12(17)18)6-13-11(9)15(2)14-7/h6,16H,3-5H2,1-2H3,(H,17,18). The van der Waals surface area contributed by atoms with Gasteiger partial charge < -0.3 is 10.2 Å². The molecular formula is C12H15N3O3S. The van der Waals surface area contributed by atoms with E-state index in [1.54, 1.807) is 11.7 Å². The molecule has 0 aromatic carbocycles. The van der Waals surface area contributed by atoms with E-state index in [2.05, 4.69) is 10.1 Å². The van der Waals surface area contributed by atoms with E-state index in [0.29, 0.717) is 22.7 Å². The largest absolute Gasteiger partial charge is 0.478 e. The minimum atomic E-state index is -0.996. The predicted molar refractivity (Wildman–Crippen MR) is 72.6 cm³/mol. The van der Waals surface area contributed by atoms with Crippen LogP contribution in [0.25, 0.3) is 11.0 Å². The minimum Gasteiger partial charge on any atom is -0.478 e. The second-order valence-electron chi connectivity index (χ2n) is 4.14. The lowest BCUT2D eigenvalue weighted by Gasteiger charge is -2.07. The maximum Gasteiger partial charge on any atom is 0.338 e. The highest BCUT2D eigenvalue weighted by atomic mass is 32.2. The van der Waals surface area contributed by atoms with Crippen LogP contribution in [0.2, 0.25) is 0 Å². The lowest BCUT2D eigenvalue weighted by Crippen LogP contribution is -2.02. The van der Waals surface area contributed by atoms with Gasteiger partial charge in [-0.15, -0.1) is 11.8 Å². The molecule has 6 nitrogen and oxygen atoms in total. The van der Waals surface area contributed by atoms with Crippen LogP contribution < -0.4 is 0 Å². The molecule has 2 aromatic heterocycles. The summed E-state index contributed by atoms with van der Waals surface area (Å²) in [6.45, 7) is 1.93. The van der Waals surface area contributed by atoms with Crippen molar-refractivity contribution in [3.63, 3.8) is 0 Å². The highest BCUT2D eigenvalue weighted by Gasteiger charge is 2.19. The number of rotatable bonds is 5. The molecule has 0 aliphatic carbocycles. The van der Waals surface area contributed by atoms with Crippen LogP contribution in [0.5, 0.6) is 0 Å². The van der Waals surface area contributed by atoms with Crippen LogP contribution in [0.3, 0.4) is 0 Å². The molecule has 102 valence electrons. The Hall–Kier alpha value is -1.60. The Morgan fingerprint density at radius 3 is 2.89 bits per heavy atom. The first-order valence-electron chi connectivity index (χ1n) is 5.85. The van der Waals surface area contributed by atoms with Gasteiger partial charge in [0.15, 0.2) is 5.65 Å². The maximum atomic E-state index is 11.3. The number of aliphatic hydroxyl groups is 1. The Kier molecular flexibility index (Phi) is 4.06. The van der Waals surface area contributed by atoms with E-state index in [-0.39, 0.29) is 12.2 Å². The van der Waals surface area contributed by atoms with Crippen molar-refractivity contribution in [2.24, 2.45) is 7.05 Å². The molecule has 2 heterocycles. The van der Waals surface area contributed by atoms with Gasteiger partial charge in [0.1, 0.15) is 0 Å². The first kappa shape index (κ1) is 13.8. The van der Waals surface area contributed by atoms with Crippen molar-refractivity contribution in [2.75, 3.05) is 12.4 Å². The van der Waals surface area contributed by atoms with Crippen LogP contribution in [-0.4, -0.2) is 43.3 Å². The summed E-state index contributed by atoms with van der Waals surface area (Å²) >= 11 is 1.42. The van der Waals surface area contributed by atoms with Gasteiger partial charge in [-0.25, -0.2) is 9.78 Å². The first-order valence-corrected chi connectivity index (χ1v) is 6.84. The highest BCUT2D eigenvalue weighted by molar-refractivity contribution is 7.99. The van der Waals surface area contributed by atoms with E-state index in [4.69, 9.17) is 5.11 Å². The van der Waals surface area contributed by atoms with Gasteiger partial charge in [0.2, 0.25) is 0 Å². The quantitative estimate of drug-likeness (QED) is 0.637. The van der Waals surface area contributed by atoms with Gasteiger partial charge in [-0.05, 0) is 13.3 Å². The Morgan fingerprint density at radius 1 is 1.53 bits per heavy atom. The van der Waals surface area contributed by atoms with Crippen LogP contribution in [0, 0.1) is 6.92 Å². The fourth-order valence-corrected chi connectivity index (χ4v) is 3.08. The zero-order valence-corrected chi connectivity index (χ0v) is 11.6. The summed E-state index contributed by atoms with van der Waals surface area (Å²) < 4.78 is 1.65. The Morgan fingerprint density at radius 2 is 2.26 bits per heavy atom. The zero-order valence-electron chi connectivity index (χ0n) is 10.8. The van der Waals surface area contributed by atoms with Crippen molar-refractivity contribution in [3.05, 3.63) is 17.5 Å².